The van der Waals surface area contributed by atoms with Gasteiger partial charge in [0.05, 0.1) is 5.56 Å². The maximum Gasteiger partial charge on any atom is 0.355 e. The summed E-state index contributed by atoms with van der Waals surface area (Å²) >= 11 is 1.26. The molecule has 0 radical (unpaired) electrons. The first-order valence-corrected chi connectivity index (χ1v) is 7.52. The van der Waals surface area contributed by atoms with Crippen LogP contribution in [0.2, 0.25) is 0 Å². The van der Waals surface area contributed by atoms with Crippen LogP contribution >= 0.6 is 11.3 Å². The number of carbonyl (C=O) groups excluding carboxylic acids is 1. The zero-order valence-corrected chi connectivity index (χ0v) is 12.6. The Morgan fingerprint density at radius 1 is 1.13 bits per heavy atom. The SMILES string of the molecule is O=C(Nc1ccc(-c2nc(C(=O)O)cs2)cc1)c1cccnc1. The van der Waals surface area contributed by atoms with E-state index >= 15 is 0 Å². The van der Waals surface area contributed by atoms with E-state index in [1.807, 2.05) is 0 Å². The number of nitrogens with one attached hydrogen (secondary N) is 1. The van der Waals surface area contributed by atoms with E-state index in [9.17, 15) is 9.59 Å². The van der Waals surface area contributed by atoms with Crippen molar-refractivity contribution in [1.82, 2.24) is 9.97 Å². The highest BCUT2D eigenvalue weighted by Crippen LogP contribution is 2.25. The summed E-state index contributed by atoms with van der Waals surface area (Å²) in [4.78, 5) is 30.8. The molecule has 0 saturated carbocycles. The lowest BCUT2D eigenvalue weighted by molar-refractivity contribution is 0.0691. The van der Waals surface area contributed by atoms with Gasteiger partial charge in [-0.1, -0.05) is 0 Å². The summed E-state index contributed by atoms with van der Waals surface area (Å²) in [5, 5.41) is 13.8. The normalized spacial score (nSPS) is 10.3. The molecule has 0 unspecified atom stereocenters. The lowest BCUT2D eigenvalue weighted by Crippen LogP contribution is -2.11. The van der Waals surface area contributed by atoms with Crippen LogP contribution in [0.4, 0.5) is 5.69 Å². The quantitative estimate of drug-likeness (QED) is 0.768. The van der Waals surface area contributed by atoms with Gasteiger partial charge in [-0.05, 0) is 36.4 Å². The Kier molecular flexibility index (Phi) is 4.11. The van der Waals surface area contributed by atoms with Crippen LogP contribution in [0.5, 0.6) is 0 Å². The molecule has 7 heteroatoms. The van der Waals surface area contributed by atoms with Gasteiger partial charge in [-0.3, -0.25) is 9.78 Å². The number of aromatic carboxylic acids is 1. The molecule has 0 bridgehead atoms. The molecule has 0 fully saturated rings. The molecule has 0 spiro atoms. The van der Waals surface area contributed by atoms with E-state index in [1.165, 1.54) is 22.9 Å². The highest BCUT2D eigenvalue weighted by Gasteiger charge is 2.10. The number of carbonyl (C=O) groups is 2. The van der Waals surface area contributed by atoms with Crippen molar-refractivity contribution >= 4 is 28.9 Å². The smallest absolute Gasteiger partial charge is 0.355 e. The van der Waals surface area contributed by atoms with Crippen LogP contribution in [0, 0.1) is 0 Å². The third-order valence-electron chi connectivity index (χ3n) is 3.04. The number of pyridine rings is 1. The number of carboxylic acids is 1. The zero-order valence-electron chi connectivity index (χ0n) is 11.8. The number of hydrogen-bond acceptors (Lipinski definition) is 5. The number of hydrogen-bond donors (Lipinski definition) is 2. The minimum Gasteiger partial charge on any atom is -0.476 e. The molecule has 0 saturated heterocycles. The average Bonchev–Trinajstić information content (AvgIpc) is 3.07. The molecule has 2 aromatic heterocycles. The Morgan fingerprint density at radius 3 is 2.52 bits per heavy atom. The van der Waals surface area contributed by atoms with Crippen molar-refractivity contribution in [3.05, 3.63) is 65.4 Å². The van der Waals surface area contributed by atoms with Gasteiger partial charge < -0.3 is 10.4 Å². The fourth-order valence-corrected chi connectivity index (χ4v) is 2.70. The summed E-state index contributed by atoms with van der Waals surface area (Å²) in [7, 11) is 0. The number of thiazole rings is 1. The summed E-state index contributed by atoms with van der Waals surface area (Å²) in [6, 6.07) is 10.4. The topological polar surface area (TPSA) is 92.2 Å². The monoisotopic (exact) mass is 325 g/mol. The lowest BCUT2D eigenvalue weighted by atomic mass is 10.2. The van der Waals surface area contributed by atoms with Crippen LogP contribution in [0.25, 0.3) is 10.6 Å². The molecule has 2 N–H and O–H groups in total. The molecule has 3 aromatic rings. The molecule has 3 rings (SSSR count). The van der Waals surface area contributed by atoms with Gasteiger partial charge in [0.25, 0.3) is 5.91 Å². The van der Waals surface area contributed by atoms with Gasteiger partial charge in [-0.25, -0.2) is 9.78 Å². The van der Waals surface area contributed by atoms with Gasteiger partial charge in [-0.15, -0.1) is 11.3 Å². The van der Waals surface area contributed by atoms with Crippen LogP contribution in [-0.4, -0.2) is 27.0 Å². The number of aromatic nitrogens is 2. The second-order valence-electron chi connectivity index (χ2n) is 4.62. The molecule has 0 aliphatic carbocycles. The number of carboxylic acid groups (broad SMARTS) is 1. The Balaban J connectivity index is 1.74. The van der Waals surface area contributed by atoms with Gasteiger partial charge in [0.1, 0.15) is 5.01 Å². The van der Waals surface area contributed by atoms with E-state index in [1.54, 1.807) is 42.6 Å². The minimum absolute atomic E-state index is 0.0268. The van der Waals surface area contributed by atoms with Crippen molar-refractivity contribution in [1.29, 1.82) is 0 Å². The molecule has 1 amide bonds. The van der Waals surface area contributed by atoms with E-state index in [0.717, 1.165) is 5.56 Å². The third-order valence-corrected chi connectivity index (χ3v) is 3.93. The molecule has 1 aromatic carbocycles. The number of benzene rings is 1. The molecule has 0 aliphatic rings. The number of nitrogens with zero attached hydrogens (tertiary/aromatic N) is 2. The van der Waals surface area contributed by atoms with Crippen LogP contribution in [0.15, 0.2) is 54.2 Å². The molecular weight excluding hydrogens is 314 g/mol. The molecule has 2 heterocycles. The second-order valence-corrected chi connectivity index (χ2v) is 5.47. The Morgan fingerprint density at radius 2 is 1.91 bits per heavy atom. The standard InChI is InChI=1S/C16H11N3O3S/c20-14(11-2-1-7-17-8-11)18-12-5-3-10(4-6-12)15-19-13(9-23-15)16(21)22/h1-9H,(H,18,20)(H,21,22). The van der Waals surface area contributed by atoms with Gasteiger partial charge >= 0.3 is 5.97 Å². The predicted molar refractivity (Wildman–Crippen MR) is 86.7 cm³/mol. The fourth-order valence-electron chi connectivity index (χ4n) is 1.90. The Labute approximate surface area is 135 Å². The minimum atomic E-state index is -1.05. The van der Waals surface area contributed by atoms with E-state index in [0.29, 0.717) is 16.3 Å². The highest BCUT2D eigenvalue weighted by molar-refractivity contribution is 7.13. The Hall–Kier alpha value is -3.06. The summed E-state index contributed by atoms with van der Waals surface area (Å²) in [6.07, 6.45) is 3.09. The largest absolute Gasteiger partial charge is 0.476 e. The summed E-state index contributed by atoms with van der Waals surface area (Å²) in [5.74, 6) is -1.29. The van der Waals surface area contributed by atoms with Gasteiger partial charge in [-0.2, -0.15) is 0 Å². The highest BCUT2D eigenvalue weighted by atomic mass is 32.1. The van der Waals surface area contributed by atoms with Crippen molar-refractivity contribution in [3.8, 4) is 10.6 Å². The maximum absolute atomic E-state index is 12.0. The van der Waals surface area contributed by atoms with Crippen molar-refractivity contribution in [3.63, 3.8) is 0 Å². The van der Waals surface area contributed by atoms with Crippen LogP contribution in [-0.2, 0) is 0 Å². The predicted octanol–water partition coefficient (Wildman–Crippen LogP) is 3.16. The van der Waals surface area contributed by atoms with Crippen molar-refractivity contribution in [2.24, 2.45) is 0 Å². The van der Waals surface area contributed by atoms with E-state index < -0.39 is 5.97 Å². The first kappa shape index (κ1) is 14.9. The molecule has 23 heavy (non-hydrogen) atoms. The van der Waals surface area contributed by atoms with E-state index in [4.69, 9.17) is 5.11 Å². The number of amides is 1. The van der Waals surface area contributed by atoms with Gasteiger partial charge in [0.15, 0.2) is 5.69 Å². The molecule has 0 aliphatic heterocycles. The van der Waals surface area contributed by atoms with Crippen molar-refractivity contribution in [2.45, 2.75) is 0 Å². The Bertz CT molecular complexity index is 845. The molecular formula is C16H11N3O3S. The summed E-state index contributed by atoms with van der Waals surface area (Å²) < 4.78 is 0. The molecule has 0 atom stereocenters. The first-order valence-electron chi connectivity index (χ1n) is 6.64. The van der Waals surface area contributed by atoms with Crippen molar-refractivity contribution < 1.29 is 14.7 Å². The second kappa shape index (κ2) is 6.37. The maximum atomic E-state index is 12.0. The summed E-state index contributed by atoms with van der Waals surface area (Å²) in [6.45, 7) is 0. The number of rotatable bonds is 4. The third kappa shape index (κ3) is 3.41. The number of anilines is 1. The van der Waals surface area contributed by atoms with Crippen LogP contribution < -0.4 is 5.32 Å². The first-order chi connectivity index (χ1) is 11.1. The van der Waals surface area contributed by atoms with Crippen LogP contribution in [0.1, 0.15) is 20.8 Å². The fraction of sp³-hybridized carbons (Fsp3) is 0. The van der Waals surface area contributed by atoms with E-state index in [-0.39, 0.29) is 11.6 Å². The van der Waals surface area contributed by atoms with Crippen LogP contribution in [0.3, 0.4) is 0 Å². The summed E-state index contributed by atoms with van der Waals surface area (Å²) in [5.41, 5.74) is 1.93. The van der Waals surface area contributed by atoms with Gasteiger partial charge in [0, 0.05) is 29.0 Å². The molecule has 6 nitrogen and oxygen atoms in total. The average molecular weight is 325 g/mol. The zero-order chi connectivity index (χ0) is 16.2. The van der Waals surface area contributed by atoms with Gasteiger partial charge in [0.2, 0.25) is 0 Å². The van der Waals surface area contributed by atoms with E-state index in [2.05, 4.69) is 15.3 Å². The lowest BCUT2D eigenvalue weighted by Gasteiger charge is -2.05. The molecule has 114 valence electrons. The van der Waals surface area contributed by atoms with Crippen molar-refractivity contribution in [2.75, 3.05) is 5.32 Å².